The Bertz CT molecular complexity index is 1750. The summed E-state index contributed by atoms with van der Waals surface area (Å²) in [5, 5.41) is 17.2. The molecule has 0 aliphatic carbocycles. The van der Waals surface area contributed by atoms with E-state index in [1.165, 1.54) is 0 Å². The first-order valence-electron chi connectivity index (χ1n) is 12.0. The van der Waals surface area contributed by atoms with Crippen molar-refractivity contribution >= 4 is 22.4 Å². The zero-order valence-corrected chi connectivity index (χ0v) is 21.0. The number of nitrogens with zero attached hydrogens (tertiary/aromatic N) is 5. The molecule has 3 aromatic heterocycles. The van der Waals surface area contributed by atoms with E-state index in [9.17, 15) is 9.90 Å². The minimum atomic E-state index is -0.833. The molecule has 5 rings (SSSR count). The van der Waals surface area contributed by atoms with Gasteiger partial charge in [0.2, 0.25) is 0 Å². The van der Waals surface area contributed by atoms with Gasteiger partial charge >= 0.3 is 0 Å². The Kier molecular flexibility index (Phi) is 6.60. The van der Waals surface area contributed by atoms with E-state index in [0.29, 0.717) is 50.9 Å². The minimum Gasteiger partial charge on any atom is -0.398 e. The number of aliphatic hydroxyl groups excluding tert-OH is 1. The van der Waals surface area contributed by atoms with Crippen LogP contribution in [0.2, 0.25) is 0 Å². The van der Waals surface area contributed by atoms with Crippen molar-refractivity contribution in [2.45, 2.75) is 32.9 Å². The van der Waals surface area contributed by atoms with Gasteiger partial charge in [0.25, 0.3) is 11.4 Å². The van der Waals surface area contributed by atoms with Crippen LogP contribution in [0.1, 0.15) is 37.1 Å². The van der Waals surface area contributed by atoms with Crippen LogP contribution in [-0.2, 0) is 0 Å². The van der Waals surface area contributed by atoms with Gasteiger partial charge in [-0.2, -0.15) is 4.98 Å². The van der Waals surface area contributed by atoms with Crippen molar-refractivity contribution in [3.05, 3.63) is 88.4 Å². The molecule has 0 aliphatic rings. The van der Waals surface area contributed by atoms with E-state index in [-0.39, 0.29) is 11.4 Å². The van der Waals surface area contributed by atoms with Crippen LogP contribution >= 0.6 is 0 Å². The quantitative estimate of drug-likeness (QED) is 0.304. The third-order valence-corrected chi connectivity index (χ3v) is 5.82. The van der Waals surface area contributed by atoms with Gasteiger partial charge in [-0.15, -0.1) is 0 Å². The van der Waals surface area contributed by atoms with Crippen molar-refractivity contribution < 1.29 is 9.63 Å². The molecule has 1 unspecified atom stereocenters. The summed E-state index contributed by atoms with van der Waals surface area (Å²) >= 11 is 0. The number of anilines is 2. The second kappa shape index (κ2) is 10.2. The fourth-order valence-electron chi connectivity index (χ4n) is 4.13. The number of aryl methyl sites for hydroxylation is 1. The maximum absolute atomic E-state index is 14.0. The molecule has 0 amide bonds. The summed E-state index contributed by atoms with van der Waals surface area (Å²) in [6.45, 7) is 5.16. The molecule has 0 bridgehead atoms. The van der Waals surface area contributed by atoms with Gasteiger partial charge in [0.15, 0.2) is 5.82 Å². The number of hydrogen-bond acceptors (Lipinski definition) is 9. The molecule has 38 heavy (non-hydrogen) atoms. The first-order chi connectivity index (χ1) is 18.3. The van der Waals surface area contributed by atoms with E-state index >= 15 is 0 Å². The predicted octanol–water partition coefficient (Wildman–Crippen LogP) is 3.63. The molecule has 0 radical (unpaired) electrons. The summed E-state index contributed by atoms with van der Waals surface area (Å²) in [6.07, 6.45) is 0.739. The fourth-order valence-corrected chi connectivity index (χ4v) is 4.13. The van der Waals surface area contributed by atoms with Crippen LogP contribution in [0, 0.1) is 18.8 Å². The molecule has 10 nitrogen and oxygen atoms in total. The standard InChI is InChI=1S/C28H25N7O3/c1-16(36)12-13-19-8-7-11-22-23(19)28(37)35(20-9-5-4-6-10-20)26(33-22)17(2)31-25-24(21(29)14-15-30-25)27-32-18(3)34-38-27/h4-11,14-17,36H,1-3H3,(H3,29,30,31)/t16?,17-/m0/s1. The number of nitrogen functional groups attached to an aromatic ring is 1. The van der Waals surface area contributed by atoms with E-state index in [1.54, 1.807) is 48.9 Å². The van der Waals surface area contributed by atoms with Crippen LogP contribution < -0.4 is 16.6 Å². The molecular formula is C28H25N7O3. The molecule has 4 N–H and O–H groups in total. The van der Waals surface area contributed by atoms with Crippen LogP contribution in [0.5, 0.6) is 0 Å². The highest BCUT2D eigenvalue weighted by Crippen LogP contribution is 2.33. The van der Waals surface area contributed by atoms with Gasteiger partial charge in [0.05, 0.1) is 22.6 Å². The van der Waals surface area contributed by atoms with Crippen molar-refractivity contribution in [1.82, 2.24) is 24.7 Å². The predicted molar refractivity (Wildman–Crippen MR) is 145 cm³/mol. The monoisotopic (exact) mass is 507 g/mol. The van der Waals surface area contributed by atoms with E-state index in [2.05, 4.69) is 32.3 Å². The van der Waals surface area contributed by atoms with E-state index in [0.717, 1.165) is 0 Å². The van der Waals surface area contributed by atoms with Crippen LogP contribution in [-0.4, -0.2) is 35.9 Å². The van der Waals surface area contributed by atoms with Gasteiger partial charge in [-0.05, 0) is 51.1 Å². The second-order valence-electron chi connectivity index (χ2n) is 8.73. The van der Waals surface area contributed by atoms with Crippen LogP contribution in [0.3, 0.4) is 0 Å². The average molecular weight is 508 g/mol. The normalized spacial score (nSPS) is 12.5. The number of nitrogens with two attached hydrogens (primary N) is 1. The largest absolute Gasteiger partial charge is 0.398 e. The third kappa shape index (κ3) is 4.70. The summed E-state index contributed by atoms with van der Waals surface area (Å²) < 4.78 is 6.91. The summed E-state index contributed by atoms with van der Waals surface area (Å²) in [4.78, 5) is 27.7. The highest BCUT2D eigenvalue weighted by atomic mass is 16.5. The number of aliphatic hydroxyl groups is 1. The number of pyridine rings is 1. The summed E-state index contributed by atoms with van der Waals surface area (Å²) in [5.41, 5.74) is 8.46. The van der Waals surface area contributed by atoms with Crippen LogP contribution in [0.15, 0.2) is 70.1 Å². The Morgan fingerprint density at radius 1 is 1.08 bits per heavy atom. The molecular weight excluding hydrogens is 482 g/mol. The molecule has 0 aliphatic heterocycles. The van der Waals surface area contributed by atoms with Gasteiger partial charge in [0.1, 0.15) is 23.3 Å². The van der Waals surface area contributed by atoms with Crippen LogP contribution in [0.4, 0.5) is 11.5 Å². The number of nitrogens with one attached hydrogen (secondary N) is 1. The van der Waals surface area contributed by atoms with E-state index in [4.69, 9.17) is 15.2 Å². The number of aromatic nitrogens is 5. The molecule has 0 fully saturated rings. The molecule has 2 aromatic carbocycles. The Hall–Kier alpha value is -5.01. The van der Waals surface area contributed by atoms with Gasteiger partial charge < -0.3 is 20.7 Å². The number of benzene rings is 2. The van der Waals surface area contributed by atoms with Crippen molar-refractivity contribution in [3.8, 4) is 29.0 Å². The topological polar surface area (TPSA) is 145 Å². The van der Waals surface area contributed by atoms with Gasteiger partial charge in [-0.25, -0.2) is 9.97 Å². The lowest BCUT2D eigenvalue weighted by molar-refractivity contribution is 0.253. The maximum Gasteiger partial charge on any atom is 0.267 e. The molecule has 190 valence electrons. The Morgan fingerprint density at radius 3 is 2.58 bits per heavy atom. The first-order valence-corrected chi connectivity index (χ1v) is 12.0. The number of para-hydroxylation sites is 1. The highest BCUT2D eigenvalue weighted by molar-refractivity contribution is 5.85. The fraction of sp³-hybridized carbons (Fsp3) is 0.179. The zero-order valence-electron chi connectivity index (χ0n) is 21.0. The molecule has 0 spiro atoms. The van der Waals surface area contributed by atoms with Gasteiger partial charge in [0, 0.05) is 17.4 Å². The SMILES string of the molecule is Cc1noc(-c2c(N)ccnc2N[C@@H](C)c2nc3cccc(C#CC(C)O)c3c(=O)n2-c2ccccc2)n1. The minimum absolute atomic E-state index is 0.232. The lowest BCUT2D eigenvalue weighted by atomic mass is 10.1. The van der Waals surface area contributed by atoms with Gasteiger partial charge in [-0.3, -0.25) is 9.36 Å². The molecule has 10 heteroatoms. The third-order valence-electron chi connectivity index (χ3n) is 5.82. The highest BCUT2D eigenvalue weighted by Gasteiger charge is 2.23. The van der Waals surface area contributed by atoms with Crippen molar-refractivity contribution in [2.24, 2.45) is 0 Å². The zero-order chi connectivity index (χ0) is 26.8. The van der Waals surface area contributed by atoms with Gasteiger partial charge in [-0.1, -0.05) is 41.3 Å². The summed E-state index contributed by atoms with van der Waals surface area (Å²) in [6, 6.07) is 15.7. The van der Waals surface area contributed by atoms with Crippen LogP contribution in [0.25, 0.3) is 28.0 Å². The van der Waals surface area contributed by atoms with Crippen molar-refractivity contribution in [3.63, 3.8) is 0 Å². The smallest absolute Gasteiger partial charge is 0.267 e. The van der Waals surface area contributed by atoms with E-state index in [1.807, 2.05) is 37.3 Å². The summed E-state index contributed by atoms with van der Waals surface area (Å²) in [5.74, 6) is 7.18. The lowest BCUT2D eigenvalue weighted by Gasteiger charge is -2.21. The Labute approximate surface area is 218 Å². The number of hydrogen-bond donors (Lipinski definition) is 3. The molecule has 3 heterocycles. The first kappa shape index (κ1) is 24.7. The molecule has 5 aromatic rings. The molecule has 2 atom stereocenters. The Balaban J connectivity index is 1.69. The maximum atomic E-state index is 14.0. The average Bonchev–Trinajstić information content (AvgIpc) is 3.33. The van der Waals surface area contributed by atoms with Crippen molar-refractivity contribution in [2.75, 3.05) is 11.1 Å². The molecule has 0 saturated carbocycles. The Morgan fingerprint density at radius 2 is 1.87 bits per heavy atom. The summed E-state index contributed by atoms with van der Waals surface area (Å²) in [7, 11) is 0. The number of fused-ring (bicyclic) bond motifs is 1. The number of rotatable bonds is 5. The van der Waals surface area contributed by atoms with Crippen molar-refractivity contribution in [1.29, 1.82) is 0 Å². The second-order valence-corrected chi connectivity index (χ2v) is 8.73. The van der Waals surface area contributed by atoms with E-state index < -0.39 is 12.1 Å². The lowest BCUT2D eigenvalue weighted by Crippen LogP contribution is -2.28. The molecule has 0 saturated heterocycles.